The molecule has 1 fully saturated rings. The molecule has 0 radical (unpaired) electrons. The Morgan fingerprint density at radius 1 is 0.967 bits per heavy atom. The molecule has 2 aliphatic rings. The molecule has 30 heavy (non-hydrogen) atoms. The van der Waals surface area contributed by atoms with Crippen LogP contribution < -0.4 is 9.64 Å². The molecule has 1 spiro atoms. The second-order valence-electron chi connectivity index (χ2n) is 7.62. The first kappa shape index (κ1) is 18.8. The van der Waals surface area contributed by atoms with Gasteiger partial charge in [0.2, 0.25) is 0 Å². The molecule has 0 saturated carbocycles. The molecular formula is C21H18F3N5O. The molecule has 0 atom stereocenters. The number of pyridine rings is 2. The summed E-state index contributed by atoms with van der Waals surface area (Å²) in [5.41, 5.74) is 1.72. The van der Waals surface area contributed by atoms with Crippen LogP contribution in [-0.2, 0) is 12.6 Å². The van der Waals surface area contributed by atoms with Gasteiger partial charge < -0.3 is 9.64 Å². The molecule has 5 heterocycles. The van der Waals surface area contributed by atoms with Crippen LogP contribution in [0, 0.1) is 0 Å². The lowest BCUT2D eigenvalue weighted by atomic mass is 9.87. The second kappa shape index (κ2) is 6.93. The van der Waals surface area contributed by atoms with Crippen LogP contribution in [0.15, 0.2) is 49.2 Å². The maximum Gasteiger partial charge on any atom is 0.434 e. The van der Waals surface area contributed by atoms with E-state index in [0.717, 1.165) is 48.0 Å². The normalized spacial score (nSPS) is 17.6. The third kappa shape index (κ3) is 3.44. The van der Waals surface area contributed by atoms with E-state index in [4.69, 9.17) is 4.74 Å². The number of rotatable bonds is 2. The fraction of sp³-hybridized carbons (Fsp3) is 0.333. The van der Waals surface area contributed by atoms with Gasteiger partial charge in [0, 0.05) is 55.9 Å². The lowest BCUT2D eigenvalue weighted by molar-refractivity contribution is -0.141. The molecule has 9 heteroatoms. The Hall–Kier alpha value is -3.23. The third-order valence-corrected chi connectivity index (χ3v) is 5.69. The summed E-state index contributed by atoms with van der Waals surface area (Å²) in [7, 11) is 0. The van der Waals surface area contributed by atoms with Crippen molar-refractivity contribution < 1.29 is 17.9 Å². The van der Waals surface area contributed by atoms with E-state index in [1.165, 1.54) is 6.20 Å². The molecule has 3 aromatic heterocycles. The van der Waals surface area contributed by atoms with Crippen molar-refractivity contribution in [2.24, 2.45) is 0 Å². The standard InChI is InChI=1S/C21H18F3N5O/c22-21(23,24)18-12-28-19(13-27-18)29-7-3-20(4-8-29)10-15-9-16(26-11-17(15)30-20)14-1-5-25-6-2-14/h1-2,5-6,9,11-13H,3-4,7-8,10H2. The van der Waals surface area contributed by atoms with Crippen molar-refractivity contribution in [1.29, 1.82) is 0 Å². The smallest absolute Gasteiger partial charge is 0.434 e. The molecule has 1 saturated heterocycles. The first-order chi connectivity index (χ1) is 14.4. The van der Waals surface area contributed by atoms with E-state index < -0.39 is 11.9 Å². The third-order valence-electron chi connectivity index (χ3n) is 5.69. The van der Waals surface area contributed by atoms with Gasteiger partial charge in [-0.15, -0.1) is 0 Å². The number of aromatic nitrogens is 4. The number of alkyl halides is 3. The highest BCUT2D eigenvalue weighted by Crippen LogP contribution is 2.42. The molecule has 0 aromatic carbocycles. The number of nitrogens with zero attached hydrogens (tertiary/aromatic N) is 5. The van der Waals surface area contributed by atoms with Crippen molar-refractivity contribution in [3.8, 4) is 17.0 Å². The molecule has 2 aliphatic heterocycles. The molecule has 3 aromatic rings. The summed E-state index contributed by atoms with van der Waals surface area (Å²) in [6.07, 6.45) is 5.02. The largest absolute Gasteiger partial charge is 0.485 e. The molecule has 0 aliphatic carbocycles. The number of fused-ring (bicyclic) bond motifs is 1. The monoisotopic (exact) mass is 413 g/mol. The first-order valence-corrected chi connectivity index (χ1v) is 9.64. The summed E-state index contributed by atoms with van der Waals surface area (Å²) in [6.45, 7) is 1.28. The van der Waals surface area contributed by atoms with Gasteiger partial charge in [0.1, 0.15) is 17.2 Å². The van der Waals surface area contributed by atoms with Gasteiger partial charge in [0.05, 0.1) is 24.3 Å². The summed E-state index contributed by atoms with van der Waals surface area (Å²) in [4.78, 5) is 18.0. The zero-order valence-electron chi connectivity index (χ0n) is 15.9. The minimum absolute atomic E-state index is 0.309. The number of piperidine rings is 1. The molecule has 5 rings (SSSR count). The molecule has 154 valence electrons. The number of hydrogen-bond acceptors (Lipinski definition) is 6. The van der Waals surface area contributed by atoms with E-state index in [0.29, 0.717) is 18.9 Å². The fourth-order valence-electron chi connectivity index (χ4n) is 4.06. The summed E-state index contributed by atoms with van der Waals surface area (Å²) >= 11 is 0. The Labute approximate surface area is 170 Å². The van der Waals surface area contributed by atoms with Crippen LogP contribution in [-0.4, -0.2) is 38.6 Å². The zero-order valence-corrected chi connectivity index (χ0v) is 15.9. The van der Waals surface area contributed by atoms with Crippen LogP contribution in [0.3, 0.4) is 0 Å². The van der Waals surface area contributed by atoms with Crippen LogP contribution >= 0.6 is 0 Å². The summed E-state index contributed by atoms with van der Waals surface area (Å²) < 4.78 is 44.4. The van der Waals surface area contributed by atoms with Crippen LogP contribution in [0.25, 0.3) is 11.3 Å². The van der Waals surface area contributed by atoms with Gasteiger partial charge in [-0.3, -0.25) is 9.97 Å². The predicted molar refractivity (Wildman–Crippen MR) is 103 cm³/mol. The minimum Gasteiger partial charge on any atom is -0.485 e. The number of halogens is 3. The topological polar surface area (TPSA) is 64.0 Å². The Bertz CT molecular complexity index is 1050. The number of anilines is 1. The average molecular weight is 413 g/mol. The van der Waals surface area contributed by atoms with Crippen molar-refractivity contribution in [1.82, 2.24) is 19.9 Å². The van der Waals surface area contributed by atoms with Crippen molar-refractivity contribution in [2.75, 3.05) is 18.0 Å². The first-order valence-electron chi connectivity index (χ1n) is 9.64. The van der Waals surface area contributed by atoms with Gasteiger partial charge in [-0.25, -0.2) is 9.97 Å². The van der Waals surface area contributed by atoms with Crippen molar-refractivity contribution in [2.45, 2.75) is 31.0 Å². The van der Waals surface area contributed by atoms with Crippen LogP contribution in [0.5, 0.6) is 5.75 Å². The van der Waals surface area contributed by atoms with E-state index in [1.807, 2.05) is 17.0 Å². The van der Waals surface area contributed by atoms with E-state index in [-0.39, 0.29) is 5.60 Å². The summed E-state index contributed by atoms with van der Waals surface area (Å²) in [5.74, 6) is 1.26. The number of ether oxygens (including phenoxy) is 1. The van der Waals surface area contributed by atoms with Crippen molar-refractivity contribution >= 4 is 5.82 Å². The van der Waals surface area contributed by atoms with E-state index in [1.54, 1.807) is 18.6 Å². The van der Waals surface area contributed by atoms with Crippen molar-refractivity contribution in [3.05, 3.63) is 60.4 Å². The minimum atomic E-state index is -4.48. The summed E-state index contributed by atoms with van der Waals surface area (Å²) in [5, 5.41) is 0. The lowest BCUT2D eigenvalue weighted by Gasteiger charge is -2.39. The zero-order chi connectivity index (χ0) is 20.8. The van der Waals surface area contributed by atoms with Crippen LogP contribution in [0.2, 0.25) is 0 Å². The Balaban J connectivity index is 1.28. The lowest BCUT2D eigenvalue weighted by Crippen LogP contribution is -2.47. The molecule has 6 nitrogen and oxygen atoms in total. The highest BCUT2D eigenvalue weighted by Gasteiger charge is 2.42. The Morgan fingerprint density at radius 2 is 1.73 bits per heavy atom. The molecule has 0 N–H and O–H groups in total. The number of hydrogen-bond donors (Lipinski definition) is 0. The van der Waals surface area contributed by atoms with Gasteiger partial charge in [-0.05, 0) is 18.2 Å². The predicted octanol–water partition coefficient (Wildman–Crippen LogP) is 3.93. The van der Waals surface area contributed by atoms with E-state index >= 15 is 0 Å². The molecule has 0 unspecified atom stereocenters. The van der Waals surface area contributed by atoms with Crippen molar-refractivity contribution in [3.63, 3.8) is 0 Å². The highest BCUT2D eigenvalue weighted by molar-refractivity contribution is 5.61. The second-order valence-corrected chi connectivity index (χ2v) is 7.62. The van der Waals surface area contributed by atoms with Gasteiger partial charge in [0.15, 0.2) is 5.69 Å². The molecular weight excluding hydrogens is 395 g/mol. The maximum atomic E-state index is 12.7. The molecule has 0 bridgehead atoms. The van der Waals surface area contributed by atoms with Gasteiger partial charge >= 0.3 is 6.18 Å². The molecule has 0 amide bonds. The van der Waals surface area contributed by atoms with Crippen LogP contribution in [0.4, 0.5) is 19.0 Å². The fourth-order valence-corrected chi connectivity index (χ4v) is 4.06. The quantitative estimate of drug-likeness (QED) is 0.635. The van der Waals surface area contributed by atoms with E-state index in [2.05, 4.69) is 26.0 Å². The Morgan fingerprint density at radius 3 is 2.40 bits per heavy atom. The van der Waals surface area contributed by atoms with Gasteiger partial charge in [-0.1, -0.05) is 0 Å². The van der Waals surface area contributed by atoms with E-state index in [9.17, 15) is 13.2 Å². The maximum absolute atomic E-state index is 12.7. The highest BCUT2D eigenvalue weighted by atomic mass is 19.4. The summed E-state index contributed by atoms with van der Waals surface area (Å²) in [6, 6.07) is 5.90. The van der Waals surface area contributed by atoms with Gasteiger partial charge in [0.25, 0.3) is 0 Å². The van der Waals surface area contributed by atoms with Crippen LogP contribution in [0.1, 0.15) is 24.1 Å². The Kier molecular flexibility index (Phi) is 4.34. The van der Waals surface area contributed by atoms with Gasteiger partial charge in [-0.2, -0.15) is 13.2 Å². The average Bonchev–Trinajstić information content (AvgIpc) is 3.11. The SMILES string of the molecule is FC(F)(F)c1cnc(N2CCC3(CC2)Cc2cc(-c4ccncc4)ncc2O3)cn1.